The Morgan fingerprint density at radius 3 is 2.31 bits per heavy atom. The van der Waals surface area contributed by atoms with E-state index in [1.807, 2.05) is 0 Å². The standard InChI is InChI=1S/C12H20ClN3/c1-9(2)7-16(10(3)4)8-11-5-15-12(13)6-14-11/h5-6,9-10H,7-8H2,1-4H3. The average Bonchev–Trinajstić information content (AvgIpc) is 2.19. The summed E-state index contributed by atoms with van der Waals surface area (Å²) in [4.78, 5) is 10.7. The molecule has 0 saturated carbocycles. The van der Waals surface area contributed by atoms with Crippen LogP contribution in [0.4, 0.5) is 0 Å². The molecule has 1 rings (SSSR count). The maximum Gasteiger partial charge on any atom is 0.147 e. The predicted molar refractivity (Wildman–Crippen MR) is 67.4 cm³/mol. The summed E-state index contributed by atoms with van der Waals surface area (Å²) in [6.45, 7) is 10.8. The first-order chi connectivity index (χ1) is 7.49. The van der Waals surface area contributed by atoms with Gasteiger partial charge >= 0.3 is 0 Å². The average molecular weight is 242 g/mol. The molecule has 0 radical (unpaired) electrons. The molecule has 3 nitrogen and oxygen atoms in total. The molecule has 1 aromatic rings. The van der Waals surface area contributed by atoms with E-state index in [-0.39, 0.29) is 0 Å². The molecule has 1 heterocycles. The minimum Gasteiger partial charge on any atom is -0.295 e. The maximum atomic E-state index is 5.71. The molecule has 0 atom stereocenters. The quantitative estimate of drug-likeness (QED) is 0.794. The van der Waals surface area contributed by atoms with Gasteiger partial charge in [0, 0.05) is 19.1 Å². The van der Waals surface area contributed by atoms with Crippen LogP contribution in [0.15, 0.2) is 12.4 Å². The Balaban J connectivity index is 2.64. The van der Waals surface area contributed by atoms with Crippen molar-refractivity contribution in [2.75, 3.05) is 6.54 Å². The van der Waals surface area contributed by atoms with Crippen molar-refractivity contribution in [2.45, 2.75) is 40.3 Å². The lowest BCUT2D eigenvalue weighted by atomic mass is 10.1. The third-order valence-electron chi connectivity index (χ3n) is 2.37. The van der Waals surface area contributed by atoms with Crippen LogP contribution in [0.5, 0.6) is 0 Å². The van der Waals surface area contributed by atoms with Crippen LogP contribution >= 0.6 is 11.6 Å². The molecule has 0 spiro atoms. The van der Waals surface area contributed by atoms with E-state index in [4.69, 9.17) is 11.6 Å². The Morgan fingerprint density at radius 2 is 1.88 bits per heavy atom. The van der Waals surface area contributed by atoms with E-state index in [2.05, 4.69) is 42.6 Å². The number of rotatable bonds is 5. The number of halogens is 1. The highest BCUT2D eigenvalue weighted by Crippen LogP contribution is 2.09. The van der Waals surface area contributed by atoms with Crippen LogP contribution in [0.25, 0.3) is 0 Å². The van der Waals surface area contributed by atoms with Crippen LogP contribution in [0.1, 0.15) is 33.4 Å². The molecule has 0 fully saturated rings. The molecular formula is C12H20ClN3. The zero-order valence-corrected chi connectivity index (χ0v) is 11.2. The Labute approximate surface area is 103 Å². The maximum absolute atomic E-state index is 5.71. The molecule has 90 valence electrons. The third-order valence-corrected chi connectivity index (χ3v) is 2.56. The summed E-state index contributed by atoms with van der Waals surface area (Å²) in [5.74, 6) is 0.655. The van der Waals surface area contributed by atoms with Gasteiger partial charge in [-0.15, -0.1) is 0 Å². The summed E-state index contributed by atoms with van der Waals surface area (Å²) >= 11 is 5.71. The SMILES string of the molecule is CC(C)CN(Cc1cnc(Cl)cn1)C(C)C. The van der Waals surface area contributed by atoms with Crippen molar-refractivity contribution in [3.05, 3.63) is 23.2 Å². The van der Waals surface area contributed by atoms with Crippen molar-refractivity contribution in [3.8, 4) is 0 Å². The van der Waals surface area contributed by atoms with Crippen LogP contribution in [-0.2, 0) is 6.54 Å². The highest BCUT2D eigenvalue weighted by atomic mass is 35.5. The highest BCUT2D eigenvalue weighted by molar-refractivity contribution is 6.29. The lowest BCUT2D eigenvalue weighted by Gasteiger charge is -2.27. The summed E-state index contributed by atoms with van der Waals surface area (Å²) in [5.41, 5.74) is 0.971. The molecule has 0 aliphatic carbocycles. The first-order valence-corrected chi connectivity index (χ1v) is 6.07. The largest absolute Gasteiger partial charge is 0.295 e. The van der Waals surface area contributed by atoms with Gasteiger partial charge in [0.05, 0.1) is 18.1 Å². The molecular weight excluding hydrogens is 222 g/mol. The second-order valence-corrected chi connectivity index (χ2v) is 5.13. The van der Waals surface area contributed by atoms with Crippen molar-refractivity contribution >= 4 is 11.6 Å². The van der Waals surface area contributed by atoms with E-state index in [9.17, 15) is 0 Å². The van der Waals surface area contributed by atoms with E-state index < -0.39 is 0 Å². The molecule has 0 amide bonds. The molecule has 0 aromatic carbocycles. The Morgan fingerprint density at radius 1 is 1.19 bits per heavy atom. The summed E-state index contributed by atoms with van der Waals surface area (Å²) in [7, 11) is 0. The zero-order valence-electron chi connectivity index (χ0n) is 10.4. The van der Waals surface area contributed by atoms with Gasteiger partial charge in [-0.25, -0.2) is 4.98 Å². The summed E-state index contributed by atoms with van der Waals surface area (Å²) in [6, 6.07) is 0.514. The van der Waals surface area contributed by atoms with Crippen LogP contribution in [0, 0.1) is 5.92 Å². The predicted octanol–water partition coefficient (Wildman–Crippen LogP) is 3.00. The number of hydrogen-bond donors (Lipinski definition) is 0. The fourth-order valence-electron chi connectivity index (χ4n) is 1.56. The summed E-state index contributed by atoms with van der Waals surface area (Å²) in [5, 5.41) is 0.448. The van der Waals surface area contributed by atoms with Gasteiger partial charge in [0.15, 0.2) is 0 Å². The van der Waals surface area contributed by atoms with Gasteiger partial charge in [0.2, 0.25) is 0 Å². The topological polar surface area (TPSA) is 29.0 Å². The Bertz CT molecular complexity index is 309. The van der Waals surface area contributed by atoms with Gasteiger partial charge in [0.1, 0.15) is 5.15 Å². The lowest BCUT2D eigenvalue weighted by Crippen LogP contribution is -2.33. The van der Waals surface area contributed by atoms with E-state index in [0.717, 1.165) is 18.8 Å². The van der Waals surface area contributed by atoms with Crippen LogP contribution in [0.3, 0.4) is 0 Å². The molecule has 0 bridgehead atoms. The molecule has 0 saturated heterocycles. The second-order valence-electron chi connectivity index (χ2n) is 4.75. The first kappa shape index (κ1) is 13.4. The third kappa shape index (κ3) is 4.45. The fraction of sp³-hybridized carbons (Fsp3) is 0.667. The van der Waals surface area contributed by atoms with Crippen molar-refractivity contribution in [1.82, 2.24) is 14.9 Å². The van der Waals surface area contributed by atoms with Gasteiger partial charge in [-0.3, -0.25) is 9.88 Å². The first-order valence-electron chi connectivity index (χ1n) is 5.69. The van der Waals surface area contributed by atoms with Crippen LogP contribution in [-0.4, -0.2) is 27.5 Å². The van der Waals surface area contributed by atoms with Crippen molar-refractivity contribution in [1.29, 1.82) is 0 Å². The molecule has 0 aliphatic rings. The van der Waals surface area contributed by atoms with Crippen LogP contribution in [0.2, 0.25) is 5.15 Å². The Hall–Kier alpha value is -0.670. The zero-order chi connectivity index (χ0) is 12.1. The molecule has 4 heteroatoms. The van der Waals surface area contributed by atoms with E-state index >= 15 is 0 Å². The number of nitrogens with zero attached hydrogens (tertiary/aromatic N) is 3. The van der Waals surface area contributed by atoms with Gasteiger partial charge in [-0.1, -0.05) is 25.4 Å². The van der Waals surface area contributed by atoms with Gasteiger partial charge in [-0.2, -0.15) is 0 Å². The molecule has 0 aliphatic heterocycles. The molecule has 0 N–H and O–H groups in total. The van der Waals surface area contributed by atoms with Crippen LogP contribution < -0.4 is 0 Å². The summed E-state index contributed by atoms with van der Waals surface area (Å²) in [6.07, 6.45) is 3.35. The Kier molecular flexibility index (Phi) is 5.16. The molecule has 16 heavy (non-hydrogen) atoms. The van der Waals surface area contributed by atoms with E-state index in [0.29, 0.717) is 17.1 Å². The second kappa shape index (κ2) is 6.16. The smallest absolute Gasteiger partial charge is 0.147 e. The minimum absolute atomic E-state index is 0.448. The van der Waals surface area contributed by atoms with Gasteiger partial charge in [-0.05, 0) is 19.8 Å². The van der Waals surface area contributed by atoms with Gasteiger partial charge in [0.25, 0.3) is 0 Å². The van der Waals surface area contributed by atoms with E-state index in [1.54, 1.807) is 12.4 Å². The normalized spacial score (nSPS) is 11.8. The minimum atomic E-state index is 0.448. The van der Waals surface area contributed by atoms with E-state index in [1.165, 1.54) is 0 Å². The fourth-order valence-corrected chi connectivity index (χ4v) is 1.65. The monoisotopic (exact) mass is 241 g/mol. The van der Waals surface area contributed by atoms with Crippen molar-refractivity contribution in [3.63, 3.8) is 0 Å². The molecule has 0 unspecified atom stereocenters. The number of aromatic nitrogens is 2. The van der Waals surface area contributed by atoms with Crippen molar-refractivity contribution < 1.29 is 0 Å². The summed E-state index contributed by atoms with van der Waals surface area (Å²) < 4.78 is 0. The number of hydrogen-bond acceptors (Lipinski definition) is 3. The van der Waals surface area contributed by atoms with Crippen molar-refractivity contribution in [2.24, 2.45) is 5.92 Å². The lowest BCUT2D eigenvalue weighted by molar-refractivity contribution is 0.187. The molecule has 1 aromatic heterocycles. The highest BCUT2D eigenvalue weighted by Gasteiger charge is 2.12. The van der Waals surface area contributed by atoms with Gasteiger partial charge < -0.3 is 0 Å².